The summed E-state index contributed by atoms with van der Waals surface area (Å²) in [5, 5.41) is 13.1. The normalized spacial score (nSPS) is 21.7. The van der Waals surface area contributed by atoms with E-state index in [2.05, 4.69) is 20.3 Å². The van der Waals surface area contributed by atoms with Crippen LogP contribution in [0, 0.1) is 11.6 Å². The van der Waals surface area contributed by atoms with E-state index in [1.165, 1.54) is 6.07 Å². The average molecular weight is 416 g/mol. The summed E-state index contributed by atoms with van der Waals surface area (Å²) in [5.41, 5.74) is 1.18. The molecule has 8 nitrogen and oxygen atoms in total. The molecule has 1 saturated heterocycles. The van der Waals surface area contributed by atoms with Gasteiger partial charge in [0.15, 0.2) is 11.6 Å². The molecular formula is C20H22F2N6O2. The second-order valence-corrected chi connectivity index (χ2v) is 7.74. The number of benzene rings is 1. The fourth-order valence-corrected chi connectivity index (χ4v) is 4.08. The summed E-state index contributed by atoms with van der Waals surface area (Å²) in [4.78, 5) is 14.7. The second kappa shape index (κ2) is 7.44. The number of nitrogens with zero attached hydrogens (tertiary/aromatic N) is 5. The van der Waals surface area contributed by atoms with Crippen LogP contribution < -0.4 is 10.2 Å². The molecule has 0 unspecified atom stereocenters. The summed E-state index contributed by atoms with van der Waals surface area (Å²) in [6, 6.07) is 2.67. The standard InChI is InChI=1S/C20H22F2N6O2/c1-27-4-2-5-28-15-8-11(7-12(21)18(15)26-20(27)28)17-13(22)9-23-19(25-17)24-14-3-6-30-10-16(14)29/h7-9,14,16,29H,2-6,10H2,1H3,(H,23,24,25)/t14-,16-/m1/s1. The Bertz CT molecular complexity index is 1100. The molecule has 2 N–H and O–H groups in total. The molecule has 1 fully saturated rings. The van der Waals surface area contributed by atoms with Gasteiger partial charge in [-0.15, -0.1) is 0 Å². The zero-order valence-corrected chi connectivity index (χ0v) is 16.5. The van der Waals surface area contributed by atoms with Crippen LogP contribution in [0.3, 0.4) is 0 Å². The van der Waals surface area contributed by atoms with Gasteiger partial charge in [0, 0.05) is 32.3 Å². The van der Waals surface area contributed by atoms with Crippen LogP contribution in [0.4, 0.5) is 20.7 Å². The van der Waals surface area contributed by atoms with Gasteiger partial charge in [-0.25, -0.2) is 23.7 Å². The molecule has 2 atom stereocenters. The van der Waals surface area contributed by atoms with Gasteiger partial charge in [-0.2, -0.15) is 0 Å². The summed E-state index contributed by atoms with van der Waals surface area (Å²) in [5.74, 6) is -0.299. The van der Waals surface area contributed by atoms with Gasteiger partial charge < -0.3 is 24.6 Å². The van der Waals surface area contributed by atoms with Crippen LogP contribution in [0.1, 0.15) is 12.8 Å². The number of hydrogen-bond acceptors (Lipinski definition) is 7. The molecule has 2 aliphatic heterocycles. The van der Waals surface area contributed by atoms with Crippen molar-refractivity contribution in [1.29, 1.82) is 0 Å². The summed E-state index contributed by atoms with van der Waals surface area (Å²) < 4.78 is 36.6. The molecule has 30 heavy (non-hydrogen) atoms. The van der Waals surface area contributed by atoms with Gasteiger partial charge in [0.1, 0.15) is 11.2 Å². The van der Waals surface area contributed by atoms with E-state index in [4.69, 9.17) is 4.74 Å². The first-order valence-corrected chi connectivity index (χ1v) is 9.97. The largest absolute Gasteiger partial charge is 0.389 e. The highest BCUT2D eigenvalue weighted by atomic mass is 19.1. The number of nitrogens with one attached hydrogen (secondary N) is 1. The van der Waals surface area contributed by atoms with Gasteiger partial charge in [-0.05, 0) is 25.0 Å². The SMILES string of the molecule is CN1CCCn2c1nc1c(F)cc(-c3nc(N[C@@H]4CCOC[C@H]4O)ncc3F)cc12. The number of halogens is 2. The second-order valence-electron chi connectivity index (χ2n) is 7.74. The first kappa shape index (κ1) is 19.1. The van der Waals surface area contributed by atoms with Gasteiger partial charge in [0.25, 0.3) is 0 Å². The lowest BCUT2D eigenvalue weighted by Gasteiger charge is -2.28. The molecule has 10 heteroatoms. The number of rotatable bonds is 3. The number of ether oxygens (including phenoxy) is 1. The Morgan fingerprint density at radius 2 is 2.07 bits per heavy atom. The average Bonchev–Trinajstić information content (AvgIpc) is 3.12. The molecule has 0 bridgehead atoms. The number of anilines is 2. The lowest BCUT2D eigenvalue weighted by atomic mass is 10.1. The van der Waals surface area contributed by atoms with Crippen molar-refractivity contribution in [2.45, 2.75) is 31.5 Å². The summed E-state index contributed by atoms with van der Waals surface area (Å²) in [6.45, 7) is 2.30. The van der Waals surface area contributed by atoms with Crippen molar-refractivity contribution in [1.82, 2.24) is 19.5 Å². The highest BCUT2D eigenvalue weighted by Gasteiger charge is 2.25. The first-order chi connectivity index (χ1) is 14.5. The van der Waals surface area contributed by atoms with E-state index in [9.17, 15) is 13.9 Å². The quantitative estimate of drug-likeness (QED) is 0.677. The van der Waals surface area contributed by atoms with Crippen LogP contribution >= 0.6 is 0 Å². The van der Waals surface area contributed by atoms with E-state index in [0.717, 1.165) is 25.7 Å². The minimum Gasteiger partial charge on any atom is -0.389 e. The summed E-state index contributed by atoms with van der Waals surface area (Å²) >= 11 is 0. The minimum absolute atomic E-state index is 0.00503. The van der Waals surface area contributed by atoms with E-state index in [0.29, 0.717) is 30.1 Å². The third kappa shape index (κ3) is 3.25. The molecule has 0 radical (unpaired) electrons. The number of imidazole rings is 1. The Hall–Kier alpha value is -2.85. The maximum Gasteiger partial charge on any atom is 0.223 e. The van der Waals surface area contributed by atoms with Crippen LogP contribution in [0.2, 0.25) is 0 Å². The van der Waals surface area contributed by atoms with Gasteiger partial charge in [0.2, 0.25) is 11.9 Å². The van der Waals surface area contributed by atoms with Gasteiger partial charge >= 0.3 is 0 Å². The van der Waals surface area contributed by atoms with Crippen LogP contribution in [0.25, 0.3) is 22.3 Å². The Balaban J connectivity index is 1.55. The monoisotopic (exact) mass is 416 g/mol. The summed E-state index contributed by atoms with van der Waals surface area (Å²) in [7, 11) is 1.92. The minimum atomic E-state index is -0.708. The smallest absolute Gasteiger partial charge is 0.223 e. The van der Waals surface area contributed by atoms with Crippen LogP contribution in [-0.4, -0.2) is 63.6 Å². The zero-order valence-electron chi connectivity index (χ0n) is 16.5. The third-order valence-corrected chi connectivity index (χ3v) is 5.66. The molecule has 2 aliphatic rings. The number of aryl methyl sites for hydroxylation is 1. The maximum absolute atomic E-state index is 14.9. The lowest BCUT2D eigenvalue weighted by molar-refractivity contribution is -0.0136. The van der Waals surface area contributed by atoms with E-state index in [-0.39, 0.29) is 29.8 Å². The fourth-order valence-electron chi connectivity index (χ4n) is 4.08. The van der Waals surface area contributed by atoms with E-state index in [1.54, 1.807) is 6.07 Å². The molecule has 0 amide bonds. The van der Waals surface area contributed by atoms with Crippen molar-refractivity contribution >= 4 is 22.9 Å². The van der Waals surface area contributed by atoms with Gasteiger partial charge in [-0.3, -0.25) is 0 Å². The molecule has 2 aromatic heterocycles. The highest BCUT2D eigenvalue weighted by molar-refractivity contribution is 5.85. The van der Waals surface area contributed by atoms with E-state index in [1.807, 2.05) is 16.5 Å². The molecule has 1 aromatic carbocycles. The molecule has 158 valence electrons. The van der Waals surface area contributed by atoms with Crippen molar-refractivity contribution < 1.29 is 18.6 Å². The van der Waals surface area contributed by atoms with Crippen molar-refractivity contribution in [2.75, 3.05) is 37.0 Å². The molecule has 3 aromatic rings. The molecule has 4 heterocycles. The van der Waals surface area contributed by atoms with E-state index < -0.39 is 17.7 Å². The highest BCUT2D eigenvalue weighted by Crippen LogP contribution is 2.32. The van der Waals surface area contributed by atoms with Gasteiger partial charge in [-0.1, -0.05) is 0 Å². The van der Waals surface area contributed by atoms with Crippen LogP contribution in [0.15, 0.2) is 18.3 Å². The van der Waals surface area contributed by atoms with Crippen molar-refractivity contribution in [3.05, 3.63) is 30.0 Å². The Morgan fingerprint density at radius 1 is 1.20 bits per heavy atom. The van der Waals surface area contributed by atoms with E-state index >= 15 is 0 Å². The first-order valence-electron chi connectivity index (χ1n) is 9.97. The molecule has 0 aliphatic carbocycles. The Morgan fingerprint density at radius 3 is 2.90 bits per heavy atom. The lowest BCUT2D eigenvalue weighted by Crippen LogP contribution is -2.42. The molecule has 5 rings (SSSR count). The topological polar surface area (TPSA) is 88.3 Å². The van der Waals surface area contributed by atoms with Crippen molar-refractivity contribution in [2.24, 2.45) is 0 Å². The number of hydrogen-bond donors (Lipinski definition) is 2. The third-order valence-electron chi connectivity index (χ3n) is 5.66. The Kier molecular flexibility index (Phi) is 4.75. The van der Waals surface area contributed by atoms with Gasteiger partial charge in [0.05, 0.1) is 30.5 Å². The molecule has 0 saturated carbocycles. The van der Waals surface area contributed by atoms with Crippen LogP contribution in [0.5, 0.6) is 0 Å². The predicted octanol–water partition coefficient (Wildman–Crippen LogP) is 2.17. The molecular weight excluding hydrogens is 394 g/mol. The van der Waals surface area contributed by atoms with Crippen molar-refractivity contribution in [3.63, 3.8) is 0 Å². The van der Waals surface area contributed by atoms with Crippen molar-refractivity contribution in [3.8, 4) is 11.3 Å². The predicted molar refractivity (Wildman–Crippen MR) is 107 cm³/mol. The van der Waals surface area contributed by atoms with Crippen LogP contribution in [-0.2, 0) is 11.3 Å². The fraction of sp³-hybridized carbons (Fsp3) is 0.450. The maximum atomic E-state index is 14.9. The molecule has 0 spiro atoms. The number of aliphatic hydroxyl groups excluding tert-OH is 1. The number of fused-ring (bicyclic) bond motifs is 3. The number of aliphatic hydroxyl groups is 1. The Labute approximate surface area is 171 Å². The number of aromatic nitrogens is 4. The summed E-state index contributed by atoms with van der Waals surface area (Å²) in [6.07, 6.45) is 1.84. The zero-order chi connectivity index (χ0) is 20.8.